The van der Waals surface area contributed by atoms with Gasteiger partial charge in [-0.1, -0.05) is 6.07 Å². The van der Waals surface area contributed by atoms with Crippen molar-refractivity contribution in [3.05, 3.63) is 46.2 Å². The third kappa shape index (κ3) is 4.22. The number of rotatable bonds is 8. The van der Waals surface area contributed by atoms with Gasteiger partial charge in [0.2, 0.25) is 0 Å². The fraction of sp³-hybridized carbons (Fsp3) is 0.412. The second kappa shape index (κ2) is 6.96. The summed E-state index contributed by atoms with van der Waals surface area (Å²) in [6.07, 6.45) is 2.72. The monoisotopic (exact) mass is 304 g/mol. The lowest BCUT2D eigenvalue weighted by atomic mass is 10.2. The van der Waals surface area contributed by atoms with Crippen molar-refractivity contribution >= 4 is 11.3 Å². The van der Waals surface area contributed by atoms with Crippen LogP contribution in [0.1, 0.15) is 30.2 Å². The average molecular weight is 304 g/mol. The third-order valence-corrected chi connectivity index (χ3v) is 4.42. The Bertz CT molecular complexity index is 564. The Balaban J connectivity index is 1.65. The lowest BCUT2D eigenvalue weighted by Gasteiger charge is -2.12. The molecular weight excluding hydrogens is 282 g/mol. The van der Waals surface area contributed by atoms with Crippen LogP contribution in [0, 0.1) is 0 Å². The molecule has 0 saturated heterocycles. The first kappa shape index (κ1) is 14.4. The molecule has 4 heteroatoms. The average Bonchev–Trinajstić information content (AvgIpc) is 3.18. The van der Waals surface area contributed by atoms with Gasteiger partial charge < -0.3 is 14.8 Å². The van der Waals surface area contributed by atoms with Crippen LogP contribution in [0.25, 0.3) is 0 Å². The van der Waals surface area contributed by atoms with Gasteiger partial charge in [-0.15, -0.1) is 11.3 Å². The molecule has 2 N–H and O–H groups in total. The number of nitrogens with two attached hydrogens (primary N) is 1. The summed E-state index contributed by atoms with van der Waals surface area (Å²) in [5.74, 6) is 1.69. The first-order chi connectivity index (χ1) is 10.3. The Labute approximate surface area is 129 Å². The van der Waals surface area contributed by atoms with Crippen LogP contribution in [0.4, 0.5) is 0 Å². The van der Waals surface area contributed by atoms with Crippen molar-refractivity contribution in [2.45, 2.75) is 39.0 Å². The lowest BCUT2D eigenvalue weighted by molar-refractivity contribution is -0.683. The summed E-state index contributed by atoms with van der Waals surface area (Å²) in [5, 5.41) is 4.48. The summed E-state index contributed by atoms with van der Waals surface area (Å²) in [6, 6.07) is 11.3. The van der Waals surface area contributed by atoms with Gasteiger partial charge in [0.1, 0.15) is 13.2 Å². The molecule has 112 valence electrons. The SMILES string of the molecule is CCOc1cc(C[NH2+]C2CC2)ccc1OCc1cccs1. The van der Waals surface area contributed by atoms with E-state index in [1.165, 1.54) is 23.3 Å². The molecule has 0 amide bonds. The summed E-state index contributed by atoms with van der Waals surface area (Å²) < 4.78 is 11.6. The molecule has 0 bridgehead atoms. The van der Waals surface area contributed by atoms with Crippen molar-refractivity contribution in [1.82, 2.24) is 0 Å². The predicted molar refractivity (Wildman–Crippen MR) is 84.9 cm³/mol. The zero-order chi connectivity index (χ0) is 14.5. The van der Waals surface area contributed by atoms with E-state index in [1.54, 1.807) is 11.3 Å². The highest BCUT2D eigenvalue weighted by Crippen LogP contribution is 2.29. The van der Waals surface area contributed by atoms with Gasteiger partial charge in [0.05, 0.1) is 12.6 Å². The van der Waals surface area contributed by atoms with Crippen molar-refractivity contribution in [3.8, 4) is 11.5 Å². The van der Waals surface area contributed by atoms with E-state index in [0.29, 0.717) is 13.2 Å². The Morgan fingerprint density at radius 3 is 2.81 bits per heavy atom. The molecule has 0 spiro atoms. The molecule has 2 aromatic rings. The van der Waals surface area contributed by atoms with E-state index in [9.17, 15) is 0 Å². The number of quaternary nitrogens is 1. The molecule has 1 heterocycles. The standard InChI is InChI=1S/C17H21NO2S/c1-2-19-17-10-13(11-18-14-6-7-14)5-8-16(17)20-12-15-4-3-9-21-15/h3-5,8-10,14,18H,2,6-7,11-12H2,1H3/p+1. The Morgan fingerprint density at radius 1 is 1.19 bits per heavy atom. The van der Waals surface area contributed by atoms with E-state index in [-0.39, 0.29) is 0 Å². The fourth-order valence-corrected chi connectivity index (χ4v) is 2.86. The molecule has 21 heavy (non-hydrogen) atoms. The summed E-state index contributed by atoms with van der Waals surface area (Å²) in [6.45, 7) is 4.29. The maximum Gasteiger partial charge on any atom is 0.161 e. The molecule has 3 rings (SSSR count). The highest BCUT2D eigenvalue weighted by molar-refractivity contribution is 7.09. The van der Waals surface area contributed by atoms with Gasteiger partial charge in [-0.25, -0.2) is 0 Å². The summed E-state index contributed by atoms with van der Waals surface area (Å²) >= 11 is 1.71. The second-order valence-corrected chi connectivity index (χ2v) is 6.39. The summed E-state index contributed by atoms with van der Waals surface area (Å²) in [5.41, 5.74) is 1.30. The first-order valence-electron chi connectivity index (χ1n) is 7.59. The van der Waals surface area contributed by atoms with Gasteiger partial charge in [0, 0.05) is 23.3 Å². The highest BCUT2D eigenvalue weighted by Gasteiger charge is 2.24. The van der Waals surface area contributed by atoms with Crippen LogP contribution < -0.4 is 14.8 Å². The van der Waals surface area contributed by atoms with Gasteiger partial charge in [-0.2, -0.15) is 0 Å². The van der Waals surface area contributed by atoms with Crippen LogP contribution in [0.5, 0.6) is 11.5 Å². The summed E-state index contributed by atoms with van der Waals surface area (Å²) in [4.78, 5) is 1.23. The predicted octanol–water partition coefficient (Wildman–Crippen LogP) is 2.95. The highest BCUT2D eigenvalue weighted by atomic mass is 32.1. The molecule has 1 aromatic carbocycles. The van der Waals surface area contributed by atoms with Gasteiger partial charge in [0.25, 0.3) is 0 Å². The van der Waals surface area contributed by atoms with E-state index in [0.717, 1.165) is 24.1 Å². The molecule has 0 radical (unpaired) electrons. The van der Waals surface area contributed by atoms with Crippen LogP contribution in [-0.4, -0.2) is 12.6 Å². The number of hydrogen-bond donors (Lipinski definition) is 1. The van der Waals surface area contributed by atoms with E-state index in [1.807, 2.05) is 19.1 Å². The van der Waals surface area contributed by atoms with E-state index >= 15 is 0 Å². The largest absolute Gasteiger partial charge is 0.490 e. The molecule has 0 atom stereocenters. The van der Waals surface area contributed by atoms with Gasteiger partial charge in [0.15, 0.2) is 11.5 Å². The smallest absolute Gasteiger partial charge is 0.161 e. The molecule has 3 nitrogen and oxygen atoms in total. The Morgan fingerprint density at radius 2 is 2.10 bits per heavy atom. The molecular formula is C17H22NO2S+. The van der Waals surface area contributed by atoms with Crippen molar-refractivity contribution in [2.75, 3.05) is 6.61 Å². The zero-order valence-electron chi connectivity index (χ0n) is 12.4. The number of ether oxygens (including phenoxy) is 2. The maximum atomic E-state index is 5.90. The summed E-state index contributed by atoms with van der Waals surface area (Å²) in [7, 11) is 0. The van der Waals surface area contributed by atoms with Gasteiger partial charge >= 0.3 is 0 Å². The minimum atomic E-state index is 0.602. The minimum Gasteiger partial charge on any atom is -0.490 e. The van der Waals surface area contributed by atoms with E-state index < -0.39 is 0 Å². The van der Waals surface area contributed by atoms with Gasteiger partial charge in [-0.3, -0.25) is 0 Å². The number of hydrogen-bond acceptors (Lipinski definition) is 3. The van der Waals surface area contributed by atoms with E-state index in [2.05, 4.69) is 28.9 Å². The molecule has 1 aliphatic rings. The van der Waals surface area contributed by atoms with E-state index in [4.69, 9.17) is 9.47 Å². The second-order valence-electron chi connectivity index (χ2n) is 5.36. The molecule has 0 aliphatic heterocycles. The van der Waals surface area contributed by atoms with Gasteiger partial charge in [-0.05, 0) is 36.6 Å². The van der Waals surface area contributed by atoms with Crippen LogP contribution >= 0.6 is 11.3 Å². The Kier molecular flexibility index (Phi) is 4.78. The normalized spacial score (nSPS) is 14.1. The van der Waals surface area contributed by atoms with Crippen molar-refractivity contribution < 1.29 is 14.8 Å². The van der Waals surface area contributed by atoms with Crippen LogP contribution in [0.15, 0.2) is 35.7 Å². The topological polar surface area (TPSA) is 35.1 Å². The van der Waals surface area contributed by atoms with Crippen LogP contribution in [-0.2, 0) is 13.2 Å². The van der Waals surface area contributed by atoms with Crippen LogP contribution in [0.3, 0.4) is 0 Å². The molecule has 1 saturated carbocycles. The Hall–Kier alpha value is -1.52. The van der Waals surface area contributed by atoms with Crippen molar-refractivity contribution in [1.29, 1.82) is 0 Å². The van der Waals surface area contributed by atoms with Crippen molar-refractivity contribution in [3.63, 3.8) is 0 Å². The molecule has 1 aromatic heterocycles. The van der Waals surface area contributed by atoms with Crippen molar-refractivity contribution in [2.24, 2.45) is 0 Å². The maximum absolute atomic E-state index is 5.90. The number of thiophene rings is 1. The number of benzene rings is 1. The third-order valence-electron chi connectivity index (χ3n) is 3.57. The first-order valence-corrected chi connectivity index (χ1v) is 8.47. The molecule has 0 unspecified atom stereocenters. The molecule has 1 fully saturated rings. The molecule has 1 aliphatic carbocycles. The fourth-order valence-electron chi connectivity index (χ4n) is 2.25. The minimum absolute atomic E-state index is 0.602. The zero-order valence-corrected chi connectivity index (χ0v) is 13.2. The van der Waals surface area contributed by atoms with Crippen LogP contribution in [0.2, 0.25) is 0 Å². The lowest BCUT2D eigenvalue weighted by Crippen LogP contribution is -2.84. The quantitative estimate of drug-likeness (QED) is 0.814.